The Morgan fingerprint density at radius 1 is 1.07 bits per heavy atom. The van der Waals surface area contributed by atoms with Gasteiger partial charge in [-0.2, -0.15) is 0 Å². The molecule has 5 nitrogen and oxygen atoms in total. The summed E-state index contributed by atoms with van der Waals surface area (Å²) in [5, 5.41) is 14.3. The molecule has 0 fully saturated rings. The third-order valence-electron chi connectivity index (χ3n) is 5.29. The number of aromatic nitrogens is 1. The second-order valence-corrected chi connectivity index (χ2v) is 7.35. The highest BCUT2D eigenvalue weighted by molar-refractivity contribution is 5.98. The summed E-state index contributed by atoms with van der Waals surface area (Å²) in [6, 6.07) is 17.9. The SMILES string of the molecule is Cc1ccc(C)c(Cn2c(C(=O)O)c(CNCc3ccco3)c3ccccc32)c1. The Hall–Kier alpha value is -3.31. The van der Waals surface area contributed by atoms with E-state index in [1.165, 1.54) is 5.56 Å². The molecule has 0 aliphatic carbocycles. The van der Waals surface area contributed by atoms with Gasteiger partial charge < -0.3 is 19.4 Å². The smallest absolute Gasteiger partial charge is 0.352 e. The minimum Gasteiger partial charge on any atom is -0.477 e. The number of rotatable bonds is 7. The number of nitrogens with zero attached hydrogens (tertiary/aromatic N) is 1. The first kappa shape index (κ1) is 19.0. The minimum atomic E-state index is -0.915. The monoisotopic (exact) mass is 388 g/mol. The average Bonchev–Trinajstić information content (AvgIpc) is 3.32. The predicted molar refractivity (Wildman–Crippen MR) is 113 cm³/mol. The number of hydrogen-bond acceptors (Lipinski definition) is 3. The molecule has 148 valence electrons. The third kappa shape index (κ3) is 3.82. The van der Waals surface area contributed by atoms with Crippen LogP contribution in [-0.4, -0.2) is 15.6 Å². The van der Waals surface area contributed by atoms with Crippen LogP contribution in [0, 0.1) is 13.8 Å². The van der Waals surface area contributed by atoms with Crippen LogP contribution in [-0.2, 0) is 19.6 Å². The van der Waals surface area contributed by atoms with Gasteiger partial charge in [0.2, 0.25) is 0 Å². The van der Waals surface area contributed by atoms with Crippen LogP contribution in [0.5, 0.6) is 0 Å². The lowest BCUT2D eigenvalue weighted by Gasteiger charge is -2.12. The summed E-state index contributed by atoms with van der Waals surface area (Å²) in [5.74, 6) is -0.0951. The van der Waals surface area contributed by atoms with E-state index in [-0.39, 0.29) is 0 Å². The third-order valence-corrected chi connectivity index (χ3v) is 5.29. The highest BCUT2D eigenvalue weighted by Gasteiger charge is 2.22. The molecule has 0 atom stereocenters. The summed E-state index contributed by atoms with van der Waals surface area (Å²) < 4.78 is 7.28. The molecule has 0 saturated carbocycles. The highest BCUT2D eigenvalue weighted by Crippen LogP contribution is 2.28. The predicted octanol–water partition coefficient (Wildman–Crippen LogP) is 4.89. The zero-order valence-electron chi connectivity index (χ0n) is 16.6. The summed E-state index contributed by atoms with van der Waals surface area (Å²) >= 11 is 0. The lowest BCUT2D eigenvalue weighted by molar-refractivity contribution is 0.0684. The second-order valence-electron chi connectivity index (χ2n) is 7.35. The van der Waals surface area contributed by atoms with Gasteiger partial charge in [-0.1, -0.05) is 42.0 Å². The molecule has 0 spiro atoms. The van der Waals surface area contributed by atoms with Crippen LogP contribution in [0.4, 0.5) is 0 Å². The van der Waals surface area contributed by atoms with E-state index in [4.69, 9.17) is 4.42 Å². The van der Waals surface area contributed by atoms with Crippen molar-refractivity contribution in [3.8, 4) is 0 Å². The first-order chi connectivity index (χ1) is 14.0. The average molecular weight is 388 g/mol. The Balaban J connectivity index is 1.76. The quantitative estimate of drug-likeness (QED) is 0.473. The van der Waals surface area contributed by atoms with Gasteiger partial charge in [0.05, 0.1) is 12.8 Å². The summed E-state index contributed by atoms with van der Waals surface area (Å²) in [7, 11) is 0. The van der Waals surface area contributed by atoms with Gasteiger partial charge in [-0.3, -0.25) is 0 Å². The van der Waals surface area contributed by atoms with E-state index in [9.17, 15) is 9.90 Å². The number of fused-ring (bicyclic) bond motifs is 1. The largest absolute Gasteiger partial charge is 0.477 e. The summed E-state index contributed by atoms with van der Waals surface area (Å²) in [5.41, 5.74) is 5.51. The molecule has 2 aromatic carbocycles. The number of aromatic carboxylic acids is 1. The van der Waals surface area contributed by atoms with E-state index >= 15 is 0 Å². The Bertz CT molecular complexity index is 1160. The number of aryl methyl sites for hydroxylation is 2. The molecule has 0 aliphatic rings. The maximum absolute atomic E-state index is 12.3. The van der Waals surface area contributed by atoms with Gasteiger partial charge in [-0.15, -0.1) is 0 Å². The molecule has 0 amide bonds. The zero-order valence-corrected chi connectivity index (χ0v) is 16.6. The second kappa shape index (κ2) is 7.97. The van der Waals surface area contributed by atoms with Crippen molar-refractivity contribution in [1.82, 2.24) is 9.88 Å². The van der Waals surface area contributed by atoms with Crippen molar-refractivity contribution in [1.29, 1.82) is 0 Å². The number of benzene rings is 2. The molecular formula is C24H24N2O3. The Labute approximate surface area is 169 Å². The van der Waals surface area contributed by atoms with E-state index in [0.717, 1.165) is 33.4 Å². The maximum Gasteiger partial charge on any atom is 0.352 e. The van der Waals surface area contributed by atoms with E-state index < -0.39 is 5.97 Å². The van der Waals surface area contributed by atoms with Gasteiger partial charge in [-0.25, -0.2) is 4.79 Å². The van der Waals surface area contributed by atoms with Crippen molar-refractivity contribution in [2.45, 2.75) is 33.5 Å². The highest BCUT2D eigenvalue weighted by atomic mass is 16.4. The van der Waals surface area contributed by atoms with E-state index in [1.807, 2.05) is 41.0 Å². The number of carboxylic acid groups (broad SMARTS) is 1. The molecule has 4 aromatic rings. The van der Waals surface area contributed by atoms with Crippen LogP contribution in [0.1, 0.15) is 38.5 Å². The molecule has 2 heterocycles. The number of furan rings is 1. The molecular weight excluding hydrogens is 364 g/mol. The van der Waals surface area contributed by atoms with Crippen molar-refractivity contribution in [2.24, 2.45) is 0 Å². The normalized spacial score (nSPS) is 11.2. The fourth-order valence-electron chi connectivity index (χ4n) is 3.83. The molecule has 4 rings (SSSR count). The summed E-state index contributed by atoms with van der Waals surface area (Å²) in [6.07, 6.45) is 1.63. The number of nitrogens with one attached hydrogen (secondary N) is 1. The van der Waals surface area contributed by atoms with Gasteiger partial charge in [0.15, 0.2) is 0 Å². The fourth-order valence-corrected chi connectivity index (χ4v) is 3.83. The maximum atomic E-state index is 12.3. The number of para-hydroxylation sites is 1. The van der Waals surface area contributed by atoms with Gasteiger partial charge >= 0.3 is 5.97 Å². The van der Waals surface area contributed by atoms with Gasteiger partial charge in [-0.05, 0) is 43.2 Å². The first-order valence-electron chi connectivity index (χ1n) is 9.67. The van der Waals surface area contributed by atoms with Crippen LogP contribution in [0.15, 0.2) is 65.3 Å². The van der Waals surface area contributed by atoms with E-state index in [0.29, 0.717) is 25.3 Å². The zero-order chi connectivity index (χ0) is 20.4. The van der Waals surface area contributed by atoms with Crippen molar-refractivity contribution < 1.29 is 14.3 Å². The van der Waals surface area contributed by atoms with Crippen molar-refractivity contribution in [3.63, 3.8) is 0 Å². The molecule has 0 aliphatic heterocycles. The molecule has 29 heavy (non-hydrogen) atoms. The molecule has 2 N–H and O–H groups in total. The van der Waals surface area contributed by atoms with Crippen molar-refractivity contribution in [3.05, 3.63) is 94.6 Å². The number of carbonyl (C=O) groups is 1. The van der Waals surface area contributed by atoms with Crippen LogP contribution >= 0.6 is 0 Å². The molecule has 2 aromatic heterocycles. The topological polar surface area (TPSA) is 67.4 Å². The van der Waals surface area contributed by atoms with E-state index in [1.54, 1.807) is 6.26 Å². The van der Waals surface area contributed by atoms with Crippen LogP contribution in [0.25, 0.3) is 10.9 Å². The van der Waals surface area contributed by atoms with Gasteiger partial charge in [0, 0.05) is 29.6 Å². The van der Waals surface area contributed by atoms with Gasteiger partial charge in [0.25, 0.3) is 0 Å². The van der Waals surface area contributed by atoms with Crippen LogP contribution in [0.3, 0.4) is 0 Å². The molecule has 0 bridgehead atoms. The molecule has 5 heteroatoms. The Kier molecular flexibility index (Phi) is 5.23. The van der Waals surface area contributed by atoms with E-state index in [2.05, 4.69) is 37.4 Å². The van der Waals surface area contributed by atoms with Crippen LogP contribution in [0.2, 0.25) is 0 Å². The molecule has 0 saturated heterocycles. The summed E-state index contributed by atoms with van der Waals surface area (Å²) in [6.45, 7) is 5.63. The number of hydrogen-bond donors (Lipinski definition) is 2. The van der Waals surface area contributed by atoms with Crippen LogP contribution < -0.4 is 5.32 Å². The fraction of sp³-hybridized carbons (Fsp3) is 0.208. The molecule has 0 unspecified atom stereocenters. The Morgan fingerprint density at radius 3 is 2.66 bits per heavy atom. The lowest BCUT2D eigenvalue weighted by Crippen LogP contribution is -2.17. The lowest BCUT2D eigenvalue weighted by atomic mass is 10.1. The standard InChI is InChI=1S/C24H24N2O3/c1-16-9-10-17(2)18(12-16)15-26-22-8-4-3-7-20(22)21(23(26)24(27)28)14-25-13-19-6-5-11-29-19/h3-12,25H,13-15H2,1-2H3,(H,27,28). The minimum absolute atomic E-state index is 0.332. The molecule has 0 radical (unpaired) electrons. The van der Waals surface area contributed by atoms with Gasteiger partial charge in [0.1, 0.15) is 11.5 Å². The Morgan fingerprint density at radius 2 is 1.90 bits per heavy atom. The van der Waals surface area contributed by atoms with Crippen molar-refractivity contribution in [2.75, 3.05) is 0 Å². The van der Waals surface area contributed by atoms with Crippen molar-refractivity contribution >= 4 is 16.9 Å². The first-order valence-corrected chi connectivity index (χ1v) is 9.67. The summed E-state index contributed by atoms with van der Waals surface area (Å²) in [4.78, 5) is 12.3. The number of carboxylic acids is 1.